The average molecular weight is 595 g/mol. The Kier molecular flexibility index (Phi) is 8.80. The molecule has 0 aromatic carbocycles. The fourth-order valence-corrected chi connectivity index (χ4v) is 8.17. The van der Waals surface area contributed by atoms with Crippen LogP contribution in [0.2, 0.25) is 0 Å². The van der Waals surface area contributed by atoms with Crippen molar-refractivity contribution in [3.8, 4) is 0 Å². The Hall–Kier alpha value is -1.70. The SMILES string of the molecule is CO[C@@]12[C@H](COC(N)=O)C3=C(C(=O)C(C)=C(N)C3=O)N1C[C@@H]1N[C@@H]12.O=P1(NCCCl)OCCCN1CCCl. The van der Waals surface area contributed by atoms with Crippen molar-refractivity contribution in [2.45, 2.75) is 31.2 Å². The van der Waals surface area contributed by atoms with E-state index in [0.29, 0.717) is 43.7 Å². The van der Waals surface area contributed by atoms with Gasteiger partial charge in [0.05, 0.1) is 30.0 Å². The second-order valence-electron chi connectivity index (χ2n) is 9.41. The van der Waals surface area contributed by atoms with Gasteiger partial charge in [-0.15, -0.1) is 23.2 Å². The number of ether oxygens (including phenoxy) is 2. The summed E-state index contributed by atoms with van der Waals surface area (Å²) in [4.78, 5) is 38.4. The molecule has 4 aliphatic heterocycles. The minimum Gasteiger partial charge on any atom is -0.449 e. The monoisotopic (exact) mass is 594 g/mol. The number of piperazine rings is 1. The molecule has 1 aliphatic carbocycles. The third-order valence-corrected chi connectivity index (χ3v) is 10.1. The second kappa shape index (κ2) is 11.4. The minimum absolute atomic E-state index is 0.0586. The first-order valence-electron chi connectivity index (χ1n) is 12.2. The lowest BCUT2D eigenvalue weighted by Crippen LogP contribution is -2.55. The highest BCUT2D eigenvalue weighted by Gasteiger charge is 2.72. The van der Waals surface area contributed by atoms with Crippen molar-refractivity contribution >= 4 is 48.5 Å². The summed E-state index contributed by atoms with van der Waals surface area (Å²) in [6, 6.07) is 0.109. The third kappa shape index (κ3) is 4.88. The highest BCUT2D eigenvalue weighted by atomic mass is 35.5. The number of carbonyl (C=O) groups is 3. The zero-order valence-electron chi connectivity index (χ0n) is 21.2. The van der Waals surface area contributed by atoms with Crippen LogP contribution in [0.1, 0.15) is 13.3 Å². The Morgan fingerprint density at radius 2 is 2.05 bits per heavy atom. The first-order valence-corrected chi connectivity index (χ1v) is 14.9. The van der Waals surface area contributed by atoms with Gasteiger partial charge in [0.2, 0.25) is 11.6 Å². The fourth-order valence-electron chi connectivity index (χ4n) is 5.63. The first-order chi connectivity index (χ1) is 18.1. The van der Waals surface area contributed by atoms with Crippen LogP contribution in [0, 0.1) is 5.92 Å². The predicted molar refractivity (Wildman–Crippen MR) is 139 cm³/mol. The molecule has 4 heterocycles. The molecule has 3 fully saturated rings. The lowest BCUT2D eigenvalue weighted by Gasteiger charge is -2.39. The number of amides is 1. The van der Waals surface area contributed by atoms with Crippen molar-refractivity contribution in [1.82, 2.24) is 20.0 Å². The first kappa shape index (κ1) is 29.3. The van der Waals surface area contributed by atoms with Crippen LogP contribution in [-0.4, -0.2) is 103 Å². The number of nitrogens with one attached hydrogen (secondary N) is 2. The molecular formula is C22H33Cl2N6O7P. The molecule has 0 spiro atoms. The molecule has 0 bridgehead atoms. The largest absolute Gasteiger partial charge is 0.449 e. The fraction of sp³-hybridized carbons (Fsp3) is 0.682. The minimum atomic E-state index is -2.84. The van der Waals surface area contributed by atoms with E-state index in [2.05, 4.69) is 10.4 Å². The molecule has 5 aliphatic rings. The summed E-state index contributed by atoms with van der Waals surface area (Å²) in [5.41, 5.74) is 10.7. The van der Waals surface area contributed by atoms with Gasteiger partial charge in [0.25, 0.3) is 0 Å². The van der Waals surface area contributed by atoms with E-state index in [9.17, 15) is 18.9 Å². The summed E-state index contributed by atoms with van der Waals surface area (Å²) < 4.78 is 30.0. The number of ketones is 2. The van der Waals surface area contributed by atoms with Crippen LogP contribution in [0.4, 0.5) is 4.79 Å². The standard InChI is InChI=1S/C15H18N4O5.C7H15Cl2N2O2P/c1-5-9(16)12(21)8-6(4-24-14(17)22)15(23-2)13-7(18-13)3-19(15)10(8)11(5)20;8-2-4-10-14(12)11(6-3-9)5-1-7-13-14/h6-7,13,18H,3-4,16H2,1-2H3,(H2,17,22);1-7H2,(H,10,12)/t6-,7+,13+,15-;/m1./s1. The smallest absolute Gasteiger partial charge is 0.404 e. The lowest BCUT2D eigenvalue weighted by molar-refractivity contribution is -0.137. The number of hydrogen-bond donors (Lipinski definition) is 4. The number of rotatable bonds is 8. The van der Waals surface area contributed by atoms with Gasteiger partial charge >= 0.3 is 13.8 Å². The van der Waals surface area contributed by atoms with E-state index in [1.807, 2.05) is 4.90 Å². The Morgan fingerprint density at radius 3 is 2.68 bits per heavy atom. The number of allylic oxidation sites excluding steroid dienone is 2. The molecule has 0 aromatic heterocycles. The van der Waals surface area contributed by atoms with Crippen molar-refractivity contribution in [3.63, 3.8) is 0 Å². The van der Waals surface area contributed by atoms with Crippen LogP contribution in [0.3, 0.4) is 0 Å². The Bertz CT molecular complexity index is 1120. The van der Waals surface area contributed by atoms with Crippen LogP contribution >= 0.6 is 30.9 Å². The Morgan fingerprint density at radius 1 is 1.32 bits per heavy atom. The molecule has 13 nitrogen and oxygen atoms in total. The number of fused-ring (bicyclic) bond motifs is 4. The quantitative estimate of drug-likeness (QED) is 0.130. The Balaban J connectivity index is 0.000000206. The average Bonchev–Trinajstić information content (AvgIpc) is 3.51. The molecule has 212 valence electrons. The number of methoxy groups -OCH3 is 1. The van der Waals surface area contributed by atoms with E-state index in [1.54, 1.807) is 4.67 Å². The lowest BCUT2D eigenvalue weighted by atomic mass is 9.82. The van der Waals surface area contributed by atoms with Gasteiger partial charge in [0, 0.05) is 62.2 Å². The van der Waals surface area contributed by atoms with Crippen LogP contribution in [0.25, 0.3) is 0 Å². The van der Waals surface area contributed by atoms with E-state index in [0.717, 1.165) is 13.0 Å². The maximum Gasteiger partial charge on any atom is 0.404 e. The molecule has 38 heavy (non-hydrogen) atoms. The topological polar surface area (TPSA) is 188 Å². The number of halogens is 2. The van der Waals surface area contributed by atoms with Gasteiger partial charge in [0.15, 0.2) is 5.72 Å². The van der Waals surface area contributed by atoms with Crippen molar-refractivity contribution in [1.29, 1.82) is 0 Å². The molecule has 1 amide bonds. The number of primary amides is 1. The highest BCUT2D eigenvalue weighted by molar-refractivity contribution is 7.54. The van der Waals surface area contributed by atoms with E-state index < -0.39 is 31.2 Å². The molecule has 3 saturated heterocycles. The van der Waals surface area contributed by atoms with Crippen molar-refractivity contribution in [3.05, 3.63) is 22.5 Å². The normalized spacial score (nSPS) is 34.0. The summed E-state index contributed by atoms with van der Waals surface area (Å²) in [6.45, 7) is 4.28. The summed E-state index contributed by atoms with van der Waals surface area (Å²) in [5, 5.41) is 6.13. The van der Waals surface area contributed by atoms with E-state index in [-0.39, 0.29) is 41.3 Å². The van der Waals surface area contributed by atoms with Gasteiger partial charge in [0.1, 0.15) is 6.61 Å². The summed E-state index contributed by atoms with van der Waals surface area (Å²) >= 11 is 11.1. The van der Waals surface area contributed by atoms with Crippen LogP contribution in [0.15, 0.2) is 22.5 Å². The Labute approximate surface area is 230 Å². The zero-order chi connectivity index (χ0) is 27.8. The van der Waals surface area contributed by atoms with Crippen molar-refractivity contribution < 1.29 is 32.9 Å². The summed E-state index contributed by atoms with van der Waals surface area (Å²) in [5.74, 6) is -0.467. The van der Waals surface area contributed by atoms with E-state index >= 15 is 0 Å². The van der Waals surface area contributed by atoms with Gasteiger partial charge in [-0.3, -0.25) is 14.2 Å². The second-order valence-corrected chi connectivity index (χ2v) is 12.3. The van der Waals surface area contributed by atoms with E-state index in [1.165, 1.54) is 14.0 Å². The molecular weight excluding hydrogens is 562 g/mol. The van der Waals surface area contributed by atoms with Gasteiger partial charge in [-0.2, -0.15) is 0 Å². The maximum absolute atomic E-state index is 12.8. The highest BCUT2D eigenvalue weighted by Crippen LogP contribution is 2.55. The molecule has 1 unspecified atom stereocenters. The van der Waals surface area contributed by atoms with Crippen LogP contribution in [0.5, 0.6) is 0 Å². The maximum atomic E-state index is 12.8. The van der Waals surface area contributed by atoms with Gasteiger partial charge in [-0.25, -0.2) is 14.6 Å². The number of alkyl halides is 2. The number of Topliss-reactive ketones (excluding diaryl/α,β-unsaturated/α-hetero) is 2. The number of nitrogens with zero attached hydrogens (tertiary/aromatic N) is 2. The van der Waals surface area contributed by atoms with Crippen molar-refractivity contribution in [2.75, 3.05) is 58.3 Å². The number of carbonyl (C=O) groups excluding carboxylic acids is 3. The predicted octanol–water partition coefficient (Wildman–Crippen LogP) is 0.233. The molecule has 6 N–H and O–H groups in total. The molecule has 0 saturated carbocycles. The van der Waals surface area contributed by atoms with Gasteiger partial charge in [-0.05, 0) is 13.3 Å². The molecule has 0 radical (unpaired) electrons. The summed E-state index contributed by atoms with van der Waals surface area (Å²) in [6.07, 6.45) is -0.0573. The van der Waals surface area contributed by atoms with Crippen molar-refractivity contribution in [2.24, 2.45) is 17.4 Å². The molecule has 16 heteroatoms. The van der Waals surface area contributed by atoms with Gasteiger partial charge in [-0.1, -0.05) is 0 Å². The zero-order valence-corrected chi connectivity index (χ0v) is 23.6. The molecule has 5 rings (SSSR count). The van der Waals surface area contributed by atoms with Crippen LogP contribution < -0.4 is 21.9 Å². The van der Waals surface area contributed by atoms with Gasteiger partial charge < -0.3 is 35.7 Å². The number of nitrogens with two attached hydrogens (primary N) is 2. The summed E-state index contributed by atoms with van der Waals surface area (Å²) in [7, 11) is -1.32. The third-order valence-electron chi connectivity index (χ3n) is 7.42. The number of hydrogen-bond acceptors (Lipinski definition) is 10. The van der Waals surface area contributed by atoms with E-state index in [4.69, 9.17) is 48.7 Å². The molecule has 0 aromatic rings. The van der Waals surface area contributed by atoms with Crippen LogP contribution in [-0.2, 0) is 28.2 Å². The molecule has 5 atom stereocenters.